The minimum absolute atomic E-state index is 0.0509. The molecule has 51 heavy (non-hydrogen) atoms. The number of carbonyl (C=O) groups excluding carboxylic acids is 3. The van der Waals surface area contributed by atoms with Crippen LogP contribution in [0.15, 0.2) is 36.4 Å². The lowest BCUT2D eigenvalue weighted by atomic mass is 10.1. The number of carbonyl (C=O) groups is 4. The van der Waals surface area contributed by atoms with Gasteiger partial charge in [-0.1, -0.05) is 99.1 Å². The molecule has 8 N–H and O–H groups in total. The number of nitrogens with one attached hydrogen (secondary N) is 1. The van der Waals surface area contributed by atoms with Crippen molar-refractivity contribution in [3.63, 3.8) is 0 Å². The fourth-order valence-electron chi connectivity index (χ4n) is 1.78. The van der Waals surface area contributed by atoms with E-state index in [-0.39, 0.29) is 26.3 Å². The van der Waals surface area contributed by atoms with E-state index < -0.39 is 44.8 Å². The van der Waals surface area contributed by atoms with Crippen LogP contribution in [0.2, 0.25) is 10.0 Å². The van der Waals surface area contributed by atoms with Gasteiger partial charge in [-0.2, -0.15) is 0 Å². The number of hydrogen-bond acceptors (Lipinski definition) is 9. The lowest BCUT2D eigenvalue weighted by molar-refractivity contribution is -0.154. The van der Waals surface area contributed by atoms with Gasteiger partial charge in [0.05, 0.1) is 13.1 Å². The first-order valence-corrected chi connectivity index (χ1v) is 19.3. The Bertz CT molecular complexity index is 1510. The quantitative estimate of drug-likeness (QED) is 0.0570. The number of rotatable bonds is 9. The Labute approximate surface area is 348 Å². The predicted molar refractivity (Wildman–Crippen MR) is 215 cm³/mol. The molecule has 0 spiro atoms. The van der Waals surface area contributed by atoms with Crippen molar-refractivity contribution in [2.75, 3.05) is 32.4 Å². The molecule has 21 heteroatoms. The van der Waals surface area contributed by atoms with Crippen molar-refractivity contribution in [3.8, 4) is 0 Å². The molecular formula is C30H34Br4Cl4N4O9. The van der Waals surface area contributed by atoms with Crippen LogP contribution in [0, 0.1) is 13.1 Å². The van der Waals surface area contributed by atoms with E-state index in [0.29, 0.717) is 27.8 Å². The molecule has 0 aliphatic rings. The van der Waals surface area contributed by atoms with Gasteiger partial charge >= 0.3 is 5.97 Å². The molecular weight excluding hydrogens is 1020 g/mol. The Morgan fingerprint density at radius 2 is 1.06 bits per heavy atom. The van der Waals surface area contributed by atoms with Crippen LogP contribution >= 0.6 is 110 Å². The van der Waals surface area contributed by atoms with E-state index in [2.05, 4.69) is 78.7 Å². The molecule has 1 amide bonds. The molecule has 0 unspecified atom stereocenters. The molecule has 0 heterocycles. The van der Waals surface area contributed by atoms with Crippen LogP contribution in [0.5, 0.6) is 0 Å². The first-order chi connectivity index (χ1) is 23.2. The van der Waals surface area contributed by atoms with Crippen molar-refractivity contribution < 1.29 is 44.7 Å². The van der Waals surface area contributed by atoms with E-state index in [9.17, 15) is 24.3 Å². The smallest absolute Gasteiger partial charge is 0.336 e. The average molecular weight is 1060 g/mol. The molecule has 0 aliphatic carbocycles. The number of aliphatic hydroxyl groups is 4. The first kappa shape index (κ1) is 53.8. The van der Waals surface area contributed by atoms with Crippen LogP contribution in [0.1, 0.15) is 27.7 Å². The van der Waals surface area contributed by atoms with E-state index in [4.69, 9.17) is 85.7 Å². The highest BCUT2D eigenvalue weighted by Gasteiger charge is 2.29. The van der Waals surface area contributed by atoms with Crippen molar-refractivity contribution in [2.45, 2.75) is 50.1 Å². The largest absolute Gasteiger partial charge is 0.479 e. The summed E-state index contributed by atoms with van der Waals surface area (Å²) in [5.74, 6) is -1.75. The Morgan fingerprint density at radius 3 is 1.29 bits per heavy atom. The summed E-state index contributed by atoms with van der Waals surface area (Å²) < 4.78 is 0. The number of benzene rings is 2. The van der Waals surface area contributed by atoms with E-state index in [1.165, 1.54) is 39.8 Å². The van der Waals surface area contributed by atoms with E-state index in [1.54, 1.807) is 24.3 Å². The number of nitrogens with two attached hydrogens (primary N) is 1. The van der Waals surface area contributed by atoms with Crippen LogP contribution in [0.3, 0.4) is 0 Å². The van der Waals surface area contributed by atoms with Gasteiger partial charge in [0.25, 0.3) is 16.4 Å². The molecule has 0 radical (unpaired) electrons. The maximum Gasteiger partial charge on any atom is 0.336 e. The Hall–Kier alpha value is -1.58. The number of amides is 1. The number of anilines is 2. The molecule has 0 aromatic heterocycles. The maximum absolute atomic E-state index is 11.6. The van der Waals surface area contributed by atoms with Gasteiger partial charge in [0, 0.05) is 42.7 Å². The highest BCUT2D eigenvalue weighted by Crippen LogP contribution is 2.28. The molecule has 13 nitrogen and oxygen atoms in total. The Kier molecular flexibility index (Phi) is 26.8. The second-order valence-electron chi connectivity index (χ2n) is 10.5. The first-order valence-electron chi connectivity index (χ1n) is 13.3. The van der Waals surface area contributed by atoms with E-state index in [1.807, 2.05) is 0 Å². The summed E-state index contributed by atoms with van der Waals surface area (Å²) >= 11 is 33.1. The van der Waals surface area contributed by atoms with Gasteiger partial charge in [-0.25, -0.2) is 14.5 Å². The minimum Gasteiger partial charge on any atom is -0.479 e. The fraction of sp³-hybridized carbons (Fsp3) is 0.400. The topological polar surface area (TPSA) is 216 Å². The third kappa shape index (κ3) is 22.3. The number of nitrogens with zero attached hydrogens (tertiary/aromatic N) is 2. The summed E-state index contributed by atoms with van der Waals surface area (Å²) in [4.78, 5) is 48.3. The highest BCUT2D eigenvalue weighted by molar-refractivity contribution is 9.09. The van der Waals surface area contributed by atoms with Crippen molar-refractivity contribution in [1.29, 1.82) is 0 Å². The zero-order valence-corrected chi connectivity index (χ0v) is 36.5. The Balaban J connectivity index is -0.000000591. The SMILES string of the molecule is C[C@](O)(CBr)C(=O)Cl.C[C@](O)(CBr)C(=O)Cl.C[C@](O)(CBr)C(=O)O.[C-]#[N+]c1ccc(N)cc1Cl.[C-]#[N+]c1ccc(NC(=O)[C@@](C)(O)CBr)cc1Cl. The molecule has 2 rings (SSSR count). The average Bonchev–Trinajstić information content (AvgIpc) is 3.05. The van der Waals surface area contributed by atoms with Crippen LogP contribution in [0.25, 0.3) is 9.69 Å². The molecule has 0 saturated carbocycles. The van der Waals surface area contributed by atoms with Gasteiger partial charge in [0.2, 0.25) is 11.4 Å². The zero-order valence-electron chi connectivity index (χ0n) is 27.2. The monoisotopic (exact) mass is 1050 g/mol. The van der Waals surface area contributed by atoms with E-state index >= 15 is 0 Å². The Morgan fingerprint density at radius 1 is 0.706 bits per heavy atom. The van der Waals surface area contributed by atoms with E-state index in [0.717, 1.165) is 0 Å². The predicted octanol–water partition coefficient (Wildman–Crippen LogP) is 7.46. The molecule has 0 fully saturated rings. The highest BCUT2D eigenvalue weighted by atomic mass is 79.9. The van der Waals surface area contributed by atoms with Crippen LogP contribution in [-0.4, -0.2) is 91.6 Å². The molecule has 4 atom stereocenters. The summed E-state index contributed by atoms with van der Waals surface area (Å²) in [5, 5.41) is 46.6. The summed E-state index contributed by atoms with van der Waals surface area (Å²) in [6.07, 6.45) is 0. The summed E-state index contributed by atoms with van der Waals surface area (Å²) in [7, 11) is 0. The van der Waals surface area contributed by atoms with Gasteiger partial charge in [-0.3, -0.25) is 14.4 Å². The standard InChI is InChI=1S/C11H10BrClN2O2.C7H5ClN2.2C4H6BrClO2.C4H7BrO3/c1-11(17,6-12)10(16)15-7-3-4-9(14-2)8(13)5-7;1-10-7-3-2-5(9)4-6(7)8;3*1-4(8,2-5)3(6)7/h3-5,17H,6H2,1H3,(H,15,16);2-4H,9H2;2*8H,2H2,1H3;8H,2H2,1H3,(H,6,7)/t11-;;3*4-/m0.000/s1. The third-order valence-corrected chi connectivity index (χ3v) is 11.0. The molecule has 0 saturated heterocycles. The summed E-state index contributed by atoms with van der Waals surface area (Å²) in [6.45, 7) is 18.8. The van der Waals surface area contributed by atoms with Gasteiger partial charge in [0.1, 0.15) is 16.8 Å². The number of alkyl halides is 4. The number of aliphatic carboxylic acids is 1. The molecule has 0 bridgehead atoms. The maximum atomic E-state index is 11.6. The van der Waals surface area contributed by atoms with Crippen molar-refractivity contribution in [2.24, 2.45) is 0 Å². The lowest BCUT2D eigenvalue weighted by Crippen LogP contribution is -2.41. The van der Waals surface area contributed by atoms with Crippen LogP contribution < -0.4 is 11.1 Å². The van der Waals surface area contributed by atoms with Gasteiger partial charge in [-0.05, 0) is 75.2 Å². The number of carboxylic acid groups (broad SMARTS) is 1. The summed E-state index contributed by atoms with van der Waals surface area (Å²) in [6, 6.07) is 9.35. The lowest BCUT2D eigenvalue weighted by Gasteiger charge is -2.19. The number of carboxylic acids is 1. The van der Waals surface area contributed by atoms with Gasteiger partial charge in [0.15, 0.2) is 5.60 Å². The molecule has 2 aromatic rings. The molecule has 2 aromatic carbocycles. The molecule has 284 valence electrons. The normalized spacial score (nSPS) is 14.5. The molecule has 0 aliphatic heterocycles. The van der Waals surface area contributed by atoms with Gasteiger partial charge < -0.3 is 36.6 Å². The second kappa shape index (κ2) is 25.4. The minimum atomic E-state index is -1.62. The van der Waals surface area contributed by atoms with Crippen LogP contribution in [-0.2, 0) is 19.2 Å². The number of halogens is 8. The summed E-state index contributed by atoms with van der Waals surface area (Å²) in [5.41, 5.74) is 1.22. The van der Waals surface area contributed by atoms with Crippen molar-refractivity contribution in [1.82, 2.24) is 0 Å². The zero-order chi connectivity index (χ0) is 41.0. The second-order valence-corrected chi connectivity index (χ2v) is 14.3. The number of nitrogen functional groups attached to an aromatic ring is 1. The van der Waals surface area contributed by atoms with Gasteiger partial charge in [-0.15, -0.1) is 0 Å². The fourth-order valence-corrected chi connectivity index (χ4v) is 3.69. The van der Waals surface area contributed by atoms with Crippen molar-refractivity contribution >= 4 is 155 Å². The van der Waals surface area contributed by atoms with Crippen molar-refractivity contribution in [3.05, 3.63) is 69.3 Å². The van der Waals surface area contributed by atoms with Crippen LogP contribution in [0.4, 0.5) is 22.7 Å². The third-order valence-electron chi connectivity index (χ3n) is 5.26. The number of hydrogen-bond donors (Lipinski definition) is 7.